The van der Waals surface area contributed by atoms with Crippen molar-refractivity contribution in [1.82, 2.24) is 4.57 Å². The number of methoxy groups -OCH3 is 1. The molecule has 2 aromatic heterocycles. The van der Waals surface area contributed by atoms with Gasteiger partial charge in [-0.05, 0) is 49.6 Å². The summed E-state index contributed by atoms with van der Waals surface area (Å²) in [4.78, 5) is 25.2. The van der Waals surface area contributed by atoms with Crippen LogP contribution < -0.4 is 15.1 Å². The Morgan fingerprint density at radius 2 is 1.94 bits per heavy atom. The summed E-state index contributed by atoms with van der Waals surface area (Å²) in [7, 11) is 3.51. The highest BCUT2D eigenvalue weighted by atomic mass is 35.5. The van der Waals surface area contributed by atoms with Crippen molar-refractivity contribution in [2.24, 2.45) is 7.05 Å². The van der Waals surface area contributed by atoms with Crippen LogP contribution in [0.15, 0.2) is 45.6 Å². The number of hydrogen-bond donors (Lipinski definition) is 0. The van der Waals surface area contributed by atoms with Crippen molar-refractivity contribution in [2.45, 2.75) is 33.1 Å². The van der Waals surface area contributed by atoms with Crippen LogP contribution in [0.25, 0.3) is 21.9 Å². The number of unbranched alkanes of at least 4 members (excludes halogenated alkanes) is 1. The molecule has 6 nitrogen and oxygen atoms in total. The highest BCUT2D eigenvalue weighted by Gasteiger charge is 2.20. The number of ketones is 1. The molecule has 2 heterocycles. The van der Waals surface area contributed by atoms with E-state index >= 15 is 0 Å². The summed E-state index contributed by atoms with van der Waals surface area (Å²) in [5.41, 5.74) is 3.22. The third-order valence-corrected chi connectivity index (χ3v) is 6.31. The van der Waals surface area contributed by atoms with Crippen LogP contribution >= 0.6 is 11.6 Å². The molecule has 0 spiro atoms. The van der Waals surface area contributed by atoms with Gasteiger partial charge < -0.3 is 18.5 Å². The minimum absolute atomic E-state index is 0.180. The average Bonchev–Trinajstić information content (AvgIpc) is 3.05. The zero-order valence-corrected chi connectivity index (χ0v) is 19.9. The maximum absolute atomic E-state index is 13.2. The van der Waals surface area contributed by atoms with Gasteiger partial charge in [-0.3, -0.25) is 4.79 Å². The maximum atomic E-state index is 13.2. The van der Waals surface area contributed by atoms with Gasteiger partial charge in [0.25, 0.3) is 0 Å². The van der Waals surface area contributed by atoms with Gasteiger partial charge in [0.1, 0.15) is 17.1 Å². The van der Waals surface area contributed by atoms with Gasteiger partial charge in [0, 0.05) is 46.7 Å². The van der Waals surface area contributed by atoms with E-state index in [0.29, 0.717) is 27.7 Å². The fourth-order valence-corrected chi connectivity index (χ4v) is 4.38. The van der Waals surface area contributed by atoms with Crippen LogP contribution in [0, 0.1) is 6.92 Å². The van der Waals surface area contributed by atoms with Gasteiger partial charge in [-0.1, -0.05) is 24.9 Å². The molecule has 0 atom stereocenters. The molecule has 0 bridgehead atoms. The molecule has 0 saturated heterocycles. The lowest BCUT2D eigenvalue weighted by Crippen LogP contribution is -2.13. The van der Waals surface area contributed by atoms with Crippen LogP contribution in [-0.4, -0.2) is 24.1 Å². The van der Waals surface area contributed by atoms with E-state index in [4.69, 9.17) is 25.5 Å². The molecular weight excluding hydrogens is 442 g/mol. The van der Waals surface area contributed by atoms with Crippen LogP contribution in [0.2, 0.25) is 5.02 Å². The second-order valence-corrected chi connectivity index (χ2v) is 8.49. The normalized spacial score (nSPS) is 11.3. The monoisotopic (exact) mass is 467 g/mol. The van der Waals surface area contributed by atoms with Gasteiger partial charge in [-0.25, -0.2) is 4.79 Å². The van der Waals surface area contributed by atoms with Crippen LogP contribution in [0.3, 0.4) is 0 Å². The van der Waals surface area contributed by atoms with E-state index in [9.17, 15) is 9.59 Å². The van der Waals surface area contributed by atoms with E-state index in [1.807, 2.05) is 36.7 Å². The summed E-state index contributed by atoms with van der Waals surface area (Å²) in [6.45, 7) is 3.79. The third-order valence-electron chi connectivity index (χ3n) is 6.02. The fraction of sp³-hybridized carbons (Fsp3) is 0.308. The van der Waals surface area contributed by atoms with Gasteiger partial charge >= 0.3 is 5.63 Å². The third kappa shape index (κ3) is 4.35. The molecule has 0 radical (unpaired) electrons. The van der Waals surface area contributed by atoms with Crippen molar-refractivity contribution < 1.29 is 18.7 Å². The first-order chi connectivity index (χ1) is 15.8. The van der Waals surface area contributed by atoms with Gasteiger partial charge in [0.15, 0.2) is 6.61 Å². The molecular formula is C26H26ClNO5. The highest BCUT2D eigenvalue weighted by Crippen LogP contribution is 2.33. The molecule has 2 aromatic carbocycles. The zero-order chi connectivity index (χ0) is 23.7. The molecule has 0 saturated carbocycles. The summed E-state index contributed by atoms with van der Waals surface area (Å²) in [5.74, 6) is 0.791. The number of Topliss-reactive ketones (excluding diaryl/α,β-unsaturated/α-hetero) is 1. The Labute approximate surface area is 196 Å². The van der Waals surface area contributed by atoms with Crippen LogP contribution in [-0.2, 0) is 13.5 Å². The average molecular weight is 468 g/mol. The summed E-state index contributed by atoms with van der Waals surface area (Å²) < 4.78 is 18.5. The number of rotatable bonds is 8. The van der Waals surface area contributed by atoms with Crippen LogP contribution in [0.5, 0.6) is 11.5 Å². The number of aromatic nitrogens is 1. The zero-order valence-electron chi connectivity index (χ0n) is 19.2. The predicted molar refractivity (Wildman–Crippen MR) is 130 cm³/mol. The van der Waals surface area contributed by atoms with Gasteiger partial charge in [0.2, 0.25) is 5.78 Å². The number of nitrogens with zero attached hydrogens (tertiary/aromatic N) is 1. The lowest BCUT2D eigenvalue weighted by Gasteiger charge is -2.11. The maximum Gasteiger partial charge on any atom is 0.336 e. The number of fused-ring (bicyclic) bond motifs is 2. The van der Waals surface area contributed by atoms with E-state index in [2.05, 4.69) is 6.92 Å². The number of carbonyl (C=O) groups is 1. The van der Waals surface area contributed by atoms with E-state index in [1.165, 1.54) is 6.07 Å². The lowest BCUT2D eigenvalue weighted by atomic mass is 10.0. The van der Waals surface area contributed by atoms with Crippen molar-refractivity contribution in [3.8, 4) is 11.5 Å². The quantitative estimate of drug-likeness (QED) is 0.240. The Morgan fingerprint density at radius 1 is 1.15 bits per heavy atom. The summed E-state index contributed by atoms with van der Waals surface area (Å²) in [6.07, 6.45) is 2.73. The van der Waals surface area contributed by atoms with Crippen molar-refractivity contribution >= 4 is 39.3 Å². The summed E-state index contributed by atoms with van der Waals surface area (Å²) in [6, 6.07) is 10.5. The molecule has 0 N–H and O–H groups in total. The SMILES string of the molecule is CCCCc1cc(=O)oc2cc(OCC(=O)c3c(C)n(C)c4ccc(OC)cc34)c(Cl)cc12. The number of hydrogen-bond acceptors (Lipinski definition) is 5. The number of carbonyl (C=O) groups excluding carboxylic acids is 1. The number of halogens is 1. The molecule has 172 valence electrons. The van der Waals surface area contributed by atoms with E-state index in [-0.39, 0.29) is 12.4 Å². The van der Waals surface area contributed by atoms with Gasteiger partial charge in [0.05, 0.1) is 12.1 Å². The van der Waals surface area contributed by atoms with E-state index in [1.54, 1.807) is 19.2 Å². The van der Waals surface area contributed by atoms with Crippen molar-refractivity contribution in [3.63, 3.8) is 0 Å². The lowest BCUT2D eigenvalue weighted by molar-refractivity contribution is 0.0922. The van der Waals surface area contributed by atoms with E-state index < -0.39 is 5.63 Å². The molecule has 0 aliphatic carbocycles. The predicted octanol–water partition coefficient (Wildman–Crippen LogP) is 5.86. The standard InChI is InChI=1S/C26H26ClNO5/c1-5-6-7-16-10-25(30)33-23-13-24(20(27)12-18(16)23)32-14-22(29)26-15(2)28(3)21-9-8-17(31-4)11-19(21)26/h8-13H,5-7,14H2,1-4H3. The molecule has 0 aliphatic rings. The van der Waals surface area contributed by atoms with Crippen molar-refractivity contribution in [3.05, 3.63) is 68.7 Å². The number of ether oxygens (including phenoxy) is 2. The van der Waals surface area contributed by atoms with Gasteiger partial charge in [-0.2, -0.15) is 0 Å². The topological polar surface area (TPSA) is 70.7 Å². The summed E-state index contributed by atoms with van der Waals surface area (Å²) in [5, 5.41) is 1.95. The van der Waals surface area contributed by atoms with Gasteiger partial charge in [-0.15, -0.1) is 0 Å². The molecule has 33 heavy (non-hydrogen) atoms. The smallest absolute Gasteiger partial charge is 0.336 e. The molecule has 4 rings (SSSR count). The van der Waals surface area contributed by atoms with Crippen LogP contribution in [0.1, 0.15) is 41.4 Å². The number of benzene rings is 2. The van der Waals surface area contributed by atoms with Crippen molar-refractivity contribution in [2.75, 3.05) is 13.7 Å². The molecule has 0 amide bonds. The van der Waals surface area contributed by atoms with Crippen LogP contribution in [0.4, 0.5) is 0 Å². The largest absolute Gasteiger partial charge is 0.497 e. The minimum atomic E-state index is -0.418. The first kappa shape index (κ1) is 22.9. The number of aryl methyl sites for hydroxylation is 2. The van der Waals surface area contributed by atoms with E-state index in [0.717, 1.165) is 46.8 Å². The first-order valence-corrected chi connectivity index (χ1v) is 11.3. The molecule has 7 heteroatoms. The Kier molecular flexibility index (Phi) is 6.47. The molecule has 0 aliphatic heterocycles. The Hall–Kier alpha value is -3.25. The molecule has 4 aromatic rings. The minimum Gasteiger partial charge on any atom is -0.497 e. The Balaban J connectivity index is 1.65. The van der Waals surface area contributed by atoms with Crippen molar-refractivity contribution in [1.29, 1.82) is 0 Å². The highest BCUT2D eigenvalue weighted by molar-refractivity contribution is 6.32. The first-order valence-electron chi connectivity index (χ1n) is 10.9. The second-order valence-electron chi connectivity index (χ2n) is 8.09. The molecule has 0 fully saturated rings. The second kappa shape index (κ2) is 9.32. The fourth-order valence-electron chi connectivity index (χ4n) is 4.16. The molecule has 0 unspecified atom stereocenters. The summed E-state index contributed by atoms with van der Waals surface area (Å²) >= 11 is 6.47. The Bertz CT molecular complexity index is 1420. The Morgan fingerprint density at radius 3 is 2.67 bits per heavy atom.